The lowest BCUT2D eigenvalue weighted by Crippen LogP contribution is -2.57. The number of fused-ring (bicyclic) bond motifs is 1. The number of aliphatic imine (C=N–C) groups is 1. The van der Waals surface area contributed by atoms with Gasteiger partial charge in [0.15, 0.2) is 0 Å². The van der Waals surface area contributed by atoms with E-state index in [0.29, 0.717) is 6.54 Å². The van der Waals surface area contributed by atoms with Gasteiger partial charge in [-0.25, -0.2) is 0 Å². The molecule has 2 aromatic rings. The Kier molecular flexibility index (Phi) is 6.33. The number of hydrogen-bond acceptors (Lipinski definition) is 3. The maximum absolute atomic E-state index is 4.98. The van der Waals surface area contributed by atoms with Gasteiger partial charge in [-0.05, 0) is 49.7 Å². The van der Waals surface area contributed by atoms with E-state index in [2.05, 4.69) is 74.3 Å². The second kappa shape index (κ2) is 8.69. The van der Waals surface area contributed by atoms with Gasteiger partial charge in [-0.3, -0.25) is 4.99 Å². The molecule has 4 rings (SSSR count). The molecule has 5 heteroatoms. The van der Waals surface area contributed by atoms with Gasteiger partial charge in [0.1, 0.15) is 5.84 Å². The van der Waals surface area contributed by atoms with Crippen LogP contribution in [0, 0.1) is 0 Å². The number of nitrogens with one attached hydrogen (secondary N) is 3. The quantitative estimate of drug-likeness (QED) is 0.645. The van der Waals surface area contributed by atoms with E-state index in [4.69, 9.17) is 4.99 Å². The van der Waals surface area contributed by atoms with Gasteiger partial charge >= 0.3 is 0 Å². The minimum Gasteiger partial charge on any atom is -0.371 e. The van der Waals surface area contributed by atoms with Crippen LogP contribution in [0.1, 0.15) is 32.3 Å². The third-order valence-corrected chi connectivity index (χ3v) is 5.60. The fourth-order valence-electron chi connectivity index (χ4n) is 3.46. The van der Waals surface area contributed by atoms with Crippen molar-refractivity contribution in [3.8, 4) is 0 Å². The largest absolute Gasteiger partial charge is 0.371 e. The molecule has 1 fully saturated rings. The third-order valence-electron chi connectivity index (χ3n) is 4.83. The molecule has 3 N–H and O–H groups in total. The van der Waals surface area contributed by atoms with E-state index in [0.717, 1.165) is 41.9 Å². The molecule has 2 aliphatic heterocycles. The summed E-state index contributed by atoms with van der Waals surface area (Å²) in [6.45, 7) is 6.68. The molecule has 2 aromatic carbocycles. The van der Waals surface area contributed by atoms with Crippen LogP contribution in [0.3, 0.4) is 0 Å². The molecule has 0 aromatic heterocycles. The smallest absolute Gasteiger partial charge is 0.127 e. The molecular formula is C21H27BrN4. The lowest BCUT2D eigenvalue weighted by Gasteiger charge is -2.44. The number of amidine groups is 1. The Morgan fingerprint density at radius 3 is 2.35 bits per heavy atom. The number of para-hydroxylation sites is 2. The number of benzene rings is 2. The molecule has 0 aliphatic carbocycles. The maximum Gasteiger partial charge on any atom is 0.127 e. The van der Waals surface area contributed by atoms with Gasteiger partial charge in [0.05, 0.1) is 23.5 Å². The van der Waals surface area contributed by atoms with E-state index in [1.54, 1.807) is 0 Å². The minimum atomic E-state index is -0.0964. The molecule has 0 amide bonds. The maximum atomic E-state index is 4.98. The molecule has 26 heavy (non-hydrogen) atoms. The molecule has 0 radical (unpaired) electrons. The van der Waals surface area contributed by atoms with E-state index in [-0.39, 0.29) is 5.54 Å². The zero-order valence-electron chi connectivity index (χ0n) is 15.5. The Labute approximate surface area is 164 Å². The zero-order chi connectivity index (χ0) is 18.4. The van der Waals surface area contributed by atoms with Crippen molar-refractivity contribution in [2.75, 3.05) is 23.7 Å². The molecule has 138 valence electrons. The van der Waals surface area contributed by atoms with Crippen molar-refractivity contribution in [2.45, 2.75) is 38.8 Å². The number of nitrogens with zero attached hydrogens (tertiary/aromatic N) is 1. The lowest BCUT2D eigenvalue weighted by molar-refractivity contribution is 0.419. The van der Waals surface area contributed by atoms with Gasteiger partial charge in [0, 0.05) is 4.47 Å². The summed E-state index contributed by atoms with van der Waals surface area (Å²) in [4.78, 5) is 4.98. The summed E-state index contributed by atoms with van der Waals surface area (Å²) in [5.41, 5.74) is 3.38. The van der Waals surface area contributed by atoms with Crippen LogP contribution < -0.4 is 16.0 Å². The normalized spacial score (nSPS) is 19.0. The molecule has 0 unspecified atom stereocenters. The van der Waals surface area contributed by atoms with Crippen molar-refractivity contribution < 1.29 is 0 Å². The molecule has 2 heterocycles. The van der Waals surface area contributed by atoms with Crippen molar-refractivity contribution in [3.63, 3.8) is 0 Å². The first kappa shape index (κ1) is 18.9. The standard InChI is InChI=1S/C19H21BrN4.C2H6/c20-15-6-2-1-5-14(15)13-22-18-19(9-11-21-12-10-19)24-17-8-4-3-7-16(17)23-18;1-2/h1-8,21,24H,9-13H2,(H,22,23);1-2H3. The number of piperidine rings is 1. The van der Waals surface area contributed by atoms with Gasteiger partial charge < -0.3 is 16.0 Å². The Morgan fingerprint density at radius 1 is 0.962 bits per heavy atom. The summed E-state index contributed by atoms with van der Waals surface area (Å²) in [5.74, 6) is 1.05. The summed E-state index contributed by atoms with van der Waals surface area (Å²) in [6.07, 6.45) is 2.06. The summed E-state index contributed by atoms with van der Waals surface area (Å²) >= 11 is 3.62. The molecule has 4 nitrogen and oxygen atoms in total. The number of rotatable bonds is 2. The van der Waals surface area contributed by atoms with Gasteiger partial charge in [-0.15, -0.1) is 0 Å². The van der Waals surface area contributed by atoms with Crippen molar-refractivity contribution in [1.82, 2.24) is 5.32 Å². The van der Waals surface area contributed by atoms with Crippen LogP contribution in [0.25, 0.3) is 0 Å². The first-order valence-electron chi connectivity index (χ1n) is 9.40. The molecule has 2 aliphatic rings. The number of halogens is 1. The highest BCUT2D eigenvalue weighted by Crippen LogP contribution is 2.36. The van der Waals surface area contributed by atoms with Crippen LogP contribution in [0.2, 0.25) is 0 Å². The van der Waals surface area contributed by atoms with E-state index >= 15 is 0 Å². The Morgan fingerprint density at radius 2 is 1.62 bits per heavy atom. The molecule has 0 atom stereocenters. The average Bonchev–Trinajstić information content (AvgIpc) is 2.70. The molecule has 1 saturated heterocycles. The first-order chi connectivity index (χ1) is 12.8. The third kappa shape index (κ3) is 3.94. The first-order valence-corrected chi connectivity index (χ1v) is 10.2. The minimum absolute atomic E-state index is 0.0964. The number of hydrogen-bond donors (Lipinski definition) is 3. The average molecular weight is 415 g/mol. The van der Waals surface area contributed by atoms with Gasteiger partial charge in [-0.1, -0.05) is 60.1 Å². The fraction of sp³-hybridized carbons (Fsp3) is 0.381. The van der Waals surface area contributed by atoms with Gasteiger partial charge in [0.2, 0.25) is 0 Å². The second-order valence-electron chi connectivity index (χ2n) is 6.38. The van der Waals surface area contributed by atoms with E-state index < -0.39 is 0 Å². The second-order valence-corrected chi connectivity index (χ2v) is 7.24. The Balaban J connectivity index is 0.000000948. The van der Waals surface area contributed by atoms with Crippen LogP contribution in [-0.4, -0.2) is 24.5 Å². The summed E-state index contributed by atoms with van der Waals surface area (Å²) in [6, 6.07) is 16.6. The highest BCUT2D eigenvalue weighted by molar-refractivity contribution is 9.10. The van der Waals surface area contributed by atoms with Crippen molar-refractivity contribution in [3.05, 3.63) is 58.6 Å². The predicted molar refractivity (Wildman–Crippen MR) is 115 cm³/mol. The summed E-state index contributed by atoms with van der Waals surface area (Å²) < 4.78 is 1.11. The van der Waals surface area contributed by atoms with Crippen molar-refractivity contribution in [1.29, 1.82) is 0 Å². The highest BCUT2D eigenvalue weighted by atomic mass is 79.9. The molecule has 0 saturated carbocycles. The topological polar surface area (TPSA) is 48.5 Å². The molecule has 0 bridgehead atoms. The SMILES string of the molecule is Brc1ccccc1CN=C1Nc2ccccc2NC12CCNCC2.CC. The van der Waals surface area contributed by atoms with Crippen LogP contribution in [-0.2, 0) is 6.54 Å². The van der Waals surface area contributed by atoms with Crippen LogP contribution in [0.5, 0.6) is 0 Å². The van der Waals surface area contributed by atoms with E-state index in [9.17, 15) is 0 Å². The van der Waals surface area contributed by atoms with Gasteiger partial charge in [0.25, 0.3) is 0 Å². The predicted octanol–water partition coefficient (Wildman–Crippen LogP) is 5.03. The Bertz CT molecular complexity index is 766. The van der Waals surface area contributed by atoms with Crippen LogP contribution >= 0.6 is 15.9 Å². The summed E-state index contributed by atoms with van der Waals surface area (Å²) in [7, 11) is 0. The van der Waals surface area contributed by atoms with E-state index in [1.807, 2.05) is 19.9 Å². The van der Waals surface area contributed by atoms with E-state index in [1.165, 1.54) is 11.3 Å². The van der Waals surface area contributed by atoms with Crippen LogP contribution in [0.15, 0.2) is 58.0 Å². The van der Waals surface area contributed by atoms with Gasteiger partial charge in [-0.2, -0.15) is 0 Å². The fourth-order valence-corrected chi connectivity index (χ4v) is 3.87. The van der Waals surface area contributed by atoms with Crippen molar-refractivity contribution >= 4 is 33.1 Å². The number of anilines is 2. The summed E-state index contributed by atoms with van der Waals surface area (Å²) in [5, 5.41) is 10.8. The molecular weight excluding hydrogens is 388 g/mol. The Hall–Kier alpha value is -1.85. The highest BCUT2D eigenvalue weighted by Gasteiger charge is 2.40. The zero-order valence-corrected chi connectivity index (χ0v) is 17.1. The monoisotopic (exact) mass is 414 g/mol. The lowest BCUT2D eigenvalue weighted by atomic mass is 9.84. The van der Waals surface area contributed by atoms with Crippen molar-refractivity contribution in [2.24, 2.45) is 4.99 Å². The molecule has 1 spiro atoms. The van der Waals surface area contributed by atoms with Crippen LogP contribution in [0.4, 0.5) is 11.4 Å².